The number of carbonyl (C=O) groups is 2. The fraction of sp³-hybridized carbons (Fsp3) is 0.300. The maximum atomic E-state index is 12.5. The zero-order chi connectivity index (χ0) is 21.9. The molecule has 2 aromatic rings. The molecule has 1 saturated heterocycles. The van der Waals surface area contributed by atoms with E-state index in [0.29, 0.717) is 18.8 Å². The first-order valence-corrected chi connectivity index (χ1v) is 11.5. The van der Waals surface area contributed by atoms with E-state index < -0.39 is 28.0 Å². The van der Waals surface area contributed by atoms with Crippen LogP contribution < -0.4 is 5.32 Å². The summed E-state index contributed by atoms with van der Waals surface area (Å²) in [7, 11) is -3.57. The van der Waals surface area contributed by atoms with E-state index in [2.05, 4.69) is 5.32 Å². The molecule has 1 atom stereocenters. The summed E-state index contributed by atoms with van der Waals surface area (Å²) in [6.07, 6.45) is 0.564. The molecule has 3 rings (SSSR count). The third-order valence-corrected chi connectivity index (χ3v) is 7.39. The van der Waals surface area contributed by atoms with Gasteiger partial charge in [-0.1, -0.05) is 29.3 Å². The second kappa shape index (κ2) is 9.34. The van der Waals surface area contributed by atoms with Gasteiger partial charge in [0.15, 0.2) is 6.10 Å². The van der Waals surface area contributed by atoms with Crippen molar-refractivity contribution in [3.8, 4) is 0 Å². The molecule has 30 heavy (non-hydrogen) atoms. The van der Waals surface area contributed by atoms with Gasteiger partial charge in [-0.15, -0.1) is 0 Å². The van der Waals surface area contributed by atoms with E-state index in [4.69, 9.17) is 27.9 Å². The minimum absolute atomic E-state index is 0.113. The Morgan fingerprint density at radius 2 is 1.70 bits per heavy atom. The van der Waals surface area contributed by atoms with E-state index in [9.17, 15) is 18.0 Å². The van der Waals surface area contributed by atoms with Gasteiger partial charge in [-0.3, -0.25) is 4.79 Å². The quantitative estimate of drug-likeness (QED) is 0.644. The second-order valence-corrected chi connectivity index (χ2v) is 9.50. The van der Waals surface area contributed by atoms with Gasteiger partial charge in [-0.2, -0.15) is 4.31 Å². The van der Waals surface area contributed by atoms with Crippen molar-refractivity contribution >= 4 is 50.8 Å². The molecule has 2 aromatic carbocycles. The summed E-state index contributed by atoms with van der Waals surface area (Å²) in [5, 5.41) is 3.01. The number of sulfonamides is 1. The molecular weight excluding hydrogens is 451 g/mol. The van der Waals surface area contributed by atoms with Gasteiger partial charge in [-0.05, 0) is 56.2 Å². The molecule has 7 nitrogen and oxygen atoms in total. The Bertz CT molecular complexity index is 1050. The van der Waals surface area contributed by atoms with Crippen LogP contribution in [0.5, 0.6) is 0 Å². The first-order valence-electron chi connectivity index (χ1n) is 9.26. The summed E-state index contributed by atoms with van der Waals surface area (Å²) in [5.74, 6) is -1.33. The molecular formula is C20H20Cl2N2O5S. The summed E-state index contributed by atoms with van der Waals surface area (Å²) < 4.78 is 31.7. The van der Waals surface area contributed by atoms with Gasteiger partial charge in [-0.25, -0.2) is 13.2 Å². The molecule has 10 heteroatoms. The molecule has 0 saturated carbocycles. The van der Waals surface area contributed by atoms with Gasteiger partial charge in [0, 0.05) is 13.1 Å². The zero-order valence-electron chi connectivity index (χ0n) is 16.1. The minimum atomic E-state index is -3.57. The van der Waals surface area contributed by atoms with Gasteiger partial charge >= 0.3 is 5.97 Å². The molecule has 1 amide bonds. The van der Waals surface area contributed by atoms with Crippen LogP contribution in [0.3, 0.4) is 0 Å². The maximum absolute atomic E-state index is 12.5. The van der Waals surface area contributed by atoms with Crippen LogP contribution in [0.15, 0.2) is 47.4 Å². The summed E-state index contributed by atoms with van der Waals surface area (Å²) in [5.41, 5.74) is 0.435. The molecule has 1 heterocycles. The first kappa shape index (κ1) is 22.6. The molecule has 0 bridgehead atoms. The number of carbonyl (C=O) groups excluding carboxylic acids is 2. The van der Waals surface area contributed by atoms with Crippen molar-refractivity contribution < 1.29 is 22.7 Å². The Balaban J connectivity index is 1.63. The normalized spacial score (nSPS) is 15.6. The number of hydrogen-bond acceptors (Lipinski definition) is 5. The summed E-state index contributed by atoms with van der Waals surface area (Å²) >= 11 is 11.9. The lowest BCUT2D eigenvalue weighted by Crippen LogP contribution is -2.30. The van der Waals surface area contributed by atoms with E-state index >= 15 is 0 Å². The highest BCUT2D eigenvalue weighted by Crippen LogP contribution is 2.29. The number of rotatable bonds is 6. The number of anilines is 1. The highest BCUT2D eigenvalue weighted by molar-refractivity contribution is 7.89. The first-order chi connectivity index (χ1) is 14.2. The average Bonchev–Trinajstić information content (AvgIpc) is 3.27. The number of benzene rings is 2. The van der Waals surface area contributed by atoms with Crippen LogP contribution in [0.4, 0.5) is 5.69 Å². The van der Waals surface area contributed by atoms with Gasteiger partial charge < -0.3 is 10.1 Å². The standard InChI is InChI=1S/C20H20Cl2N2O5S/c1-13(19(25)23-17-6-4-5-16(21)18(17)22)29-20(26)14-7-9-15(10-8-14)30(27,28)24-11-2-3-12-24/h4-10,13H,2-3,11-12H2,1H3,(H,23,25)/t13-/m0/s1. The van der Waals surface area contributed by atoms with Crippen molar-refractivity contribution in [1.29, 1.82) is 0 Å². The Kier molecular flexibility index (Phi) is 7.02. The SMILES string of the molecule is C[C@H](OC(=O)c1ccc(S(=O)(=O)N2CCCC2)cc1)C(=O)Nc1cccc(Cl)c1Cl. The molecule has 1 aliphatic heterocycles. The van der Waals surface area contributed by atoms with Crippen LogP contribution in [0.2, 0.25) is 10.0 Å². The fourth-order valence-electron chi connectivity index (χ4n) is 2.96. The number of halogens is 2. The van der Waals surface area contributed by atoms with Gasteiger partial charge in [0.1, 0.15) is 0 Å². The number of amides is 1. The molecule has 1 aliphatic rings. The number of ether oxygens (including phenoxy) is 1. The number of hydrogen-bond donors (Lipinski definition) is 1. The monoisotopic (exact) mass is 470 g/mol. The molecule has 1 fully saturated rings. The topological polar surface area (TPSA) is 92.8 Å². The van der Waals surface area contributed by atoms with Crippen LogP contribution in [0, 0.1) is 0 Å². The van der Waals surface area contributed by atoms with Gasteiger partial charge in [0.25, 0.3) is 5.91 Å². The summed E-state index contributed by atoms with van der Waals surface area (Å²) in [6, 6.07) is 10.2. The van der Waals surface area contributed by atoms with Crippen molar-refractivity contribution in [1.82, 2.24) is 4.31 Å². The maximum Gasteiger partial charge on any atom is 0.338 e. The lowest BCUT2D eigenvalue weighted by molar-refractivity contribution is -0.123. The van der Waals surface area contributed by atoms with Crippen LogP contribution in [-0.2, 0) is 19.6 Å². The molecule has 0 unspecified atom stereocenters. The van der Waals surface area contributed by atoms with E-state index in [1.54, 1.807) is 18.2 Å². The minimum Gasteiger partial charge on any atom is -0.449 e. The highest BCUT2D eigenvalue weighted by atomic mass is 35.5. The Labute approximate surface area is 185 Å². The number of nitrogens with zero attached hydrogens (tertiary/aromatic N) is 1. The lowest BCUT2D eigenvalue weighted by Gasteiger charge is -2.16. The third-order valence-electron chi connectivity index (χ3n) is 4.66. The molecule has 1 N–H and O–H groups in total. The largest absolute Gasteiger partial charge is 0.449 e. The van der Waals surface area contributed by atoms with Crippen molar-refractivity contribution in [2.45, 2.75) is 30.8 Å². The summed E-state index contributed by atoms with van der Waals surface area (Å²) in [6.45, 7) is 2.41. The van der Waals surface area contributed by atoms with Gasteiger partial charge in [0.05, 0.1) is 26.2 Å². The van der Waals surface area contributed by atoms with E-state index in [1.165, 1.54) is 35.5 Å². The van der Waals surface area contributed by atoms with Crippen LogP contribution in [0.1, 0.15) is 30.1 Å². The van der Waals surface area contributed by atoms with Crippen LogP contribution in [0.25, 0.3) is 0 Å². The molecule has 0 spiro atoms. The Morgan fingerprint density at radius 1 is 1.07 bits per heavy atom. The van der Waals surface area contributed by atoms with E-state index in [1.807, 2.05) is 0 Å². The molecule has 0 aliphatic carbocycles. The second-order valence-electron chi connectivity index (χ2n) is 6.77. The predicted molar refractivity (Wildman–Crippen MR) is 114 cm³/mol. The lowest BCUT2D eigenvalue weighted by atomic mass is 10.2. The zero-order valence-corrected chi connectivity index (χ0v) is 18.4. The van der Waals surface area contributed by atoms with Crippen LogP contribution >= 0.6 is 23.2 Å². The number of esters is 1. The predicted octanol–water partition coefficient (Wildman–Crippen LogP) is 3.96. The average molecular weight is 471 g/mol. The fourth-order valence-corrected chi connectivity index (χ4v) is 4.82. The summed E-state index contributed by atoms with van der Waals surface area (Å²) in [4.78, 5) is 24.8. The van der Waals surface area contributed by atoms with Crippen molar-refractivity contribution in [2.75, 3.05) is 18.4 Å². The Hall–Kier alpha value is -2.13. The molecule has 0 aromatic heterocycles. The third kappa shape index (κ3) is 4.95. The van der Waals surface area contributed by atoms with E-state index in [-0.39, 0.29) is 20.5 Å². The Morgan fingerprint density at radius 3 is 2.33 bits per heavy atom. The smallest absolute Gasteiger partial charge is 0.338 e. The van der Waals surface area contributed by atoms with Crippen molar-refractivity contribution in [2.24, 2.45) is 0 Å². The molecule has 160 valence electrons. The van der Waals surface area contributed by atoms with Gasteiger partial charge in [0.2, 0.25) is 10.0 Å². The van der Waals surface area contributed by atoms with Crippen molar-refractivity contribution in [3.63, 3.8) is 0 Å². The van der Waals surface area contributed by atoms with E-state index in [0.717, 1.165) is 12.8 Å². The highest BCUT2D eigenvalue weighted by Gasteiger charge is 2.27. The molecule has 0 radical (unpaired) electrons. The number of nitrogens with one attached hydrogen (secondary N) is 1. The van der Waals surface area contributed by atoms with Crippen molar-refractivity contribution in [3.05, 3.63) is 58.1 Å². The van der Waals surface area contributed by atoms with Crippen LogP contribution in [-0.4, -0.2) is 43.8 Å².